The number of thiophene rings is 1. The second-order valence-corrected chi connectivity index (χ2v) is 8.39. The van der Waals surface area contributed by atoms with Crippen molar-refractivity contribution < 1.29 is 9.53 Å². The Bertz CT molecular complexity index is 748. The van der Waals surface area contributed by atoms with E-state index in [2.05, 4.69) is 14.8 Å². The van der Waals surface area contributed by atoms with Crippen LogP contribution in [-0.2, 0) is 24.1 Å². The average Bonchev–Trinajstić information content (AvgIpc) is 3.30. The standard InChI is InChI=1S/C19H26N4O2S/c1-25-13-5-17-21-20-16-4-6-19(9-12-23(16)17)7-10-22(11-8-19)18(24)15-3-2-14-26-15/h2-3,14H,4-13H2,1H3. The van der Waals surface area contributed by atoms with Crippen molar-refractivity contribution in [2.45, 2.75) is 45.1 Å². The van der Waals surface area contributed by atoms with Gasteiger partial charge in [0.1, 0.15) is 11.6 Å². The normalized spacial score (nSPS) is 19.3. The van der Waals surface area contributed by atoms with E-state index < -0.39 is 0 Å². The molecule has 0 radical (unpaired) electrons. The molecule has 0 atom stereocenters. The van der Waals surface area contributed by atoms with Crippen LogP contribution in [0.3, 0.4) is 0 Å². The molecule has 0 aliphatic carbocycles. The zero-order valence-electron chi connectivity index (χ0n) is 15.3. The van der Waals surface area contributed by atoms with Gasteiger partial charge >= 0.3 is 0 Å². The lowest BCUT2D eigenvalue weighted by molar-refractivity contribution is 0.0539. The van der Waals surface area contributed by atoms with Crippen LogP contribution >= 0.6 is 11.3 Å². The largest absolute Gasteiger partial charge is 0.384 e. The number of hydrogen-bond donors (Lipinski definition) is 0. The lowest BCUT2D eigenvalue weighted by Gasteiger charge is -2.41. The summed E-state index contributed by atoms with van der Waals surface area (Å²) in [5.74, 6) is 2.36. The van der Waals surface area contributed by atoms with Gasteiger partial charge in [0.25, 0.3) is 5.91 Å². The number of carbonyl (C=O) groups is 1. The van der Waals surface area contributed by atoms with E-state index in [0.717, 1.165) is 74.7 Å². The third-order valence-electron chi connectivity index (χ3n) is 6.02. The number of likely N-dealkylation sites (tertiary alicyclic amines) is 1. The molecule has 1 saturated heterocycles. The molecule has 140 valence electrons. The van der Waals surface area contributed by atoms with Gasteiger partial charge in [-0.1, -0.05) is 6.07 Å². The fourth-order valence-corrected chi connectivity index (χ4v) is 4.98. The van der Waals surface area contributed by atoms with Gasteiger partial charge in [-0.15, -0.1) is 21.5 Å². The van der Waals surface area contributed by atoms with E-state index in [9.17, 15) is 4.79 Å². The summed E-state index contributed by atoms with van der Waals surface area (Å²) in [6, 6.07) is 3.88. The van der Waals surface area contributed by atoms with Crippen molar-refractivity contribution in [1.82, 2.24) is 19.7 Å². The molecule has 2 aromatic heterocycles. The number of hydrogen-bond acceptors (Lipinski definition) is 5. The Labute approximate surface area is 158 Å². The zero-order valence-corrected chi connectivity index (χ0v) is 16.1. The summed E-state index contributed by atoms with van der Waals surface area (Å²) in [5.41, 5.74) is 0.339. The number of rotatable bonds is 4. The highest BCUT2D eigenvalue weighted by atomic mass is 32.1. The summed E-state index contributed by atoms with van der Waals surface area (Å²) in [6.07, 6.45) is 6.29. The van der Waals surface area contributed by atoms with Gasteiger partial charge in [0.15, 0.2) is 0 Å². The van der Waals surface area contributed by atoms with Crippen LogP contribution in [0.25, 0.3) is 0 Å². The maximum absolute atomic E-state index is 12.6. The van der Waals surface area contributed by atoms with E-state index in [1.54, 1.807) is 7.11 Å². The minimum atomic E-state index is 0.197. The van der Waals surface area contributed by atoms with Crippen molar-refractivity contribution in [3.63, 3.8) is 0 Å². The van der Waals surface area contributed by atoms with Crippen molar-refractivity contribution in [2.75, 3.05) is 26.8 Å². The van der Waals surface area contributed by atoms with Crippen LogP contribution in [0.4, 0.5) is 0 Å². The molecule has 0 unspecified atom stereocenters. The summed E-state index contributed by atoms with van der Waals surface area (Å²) in [4.78, 5) is 15.5. The van der Waals surface area contributed by atoms with Crippen LogP contribution in [0.5, 0.6) is 0 Å². The fourth-order valence-electron chi connectivity index (χ4n) is 4.28. The van der Waals surface area contributed by atoms with E-state index in [4.69, 9.17) is 4.74 Å². The first-order valence-corrected chi connectivity index (χ1v) is 10.3. The van der Waals surface area contributed by atoms with E-state index >= 15 is 0 Å². The molecule has 0 bridgehead atoms. The fraction of sp³-hybridized carbons (Fsp3) is 0.632. The van der Waals surface area contributed by atoms with E-state index in [0.29, 0.717) is 12.0 Å². The topological polar surface area (TPSA) is 60.3 Å². The predicted octanol–water partition coefficient (Wildman–Crippen LogP) is 2.79. The number of fused-ring (bicyclic) bond motifs is 1. The van der Waals surface area contributed by atoms with Crippen molar-refractivity contribution >= 4 is 17.2 Å². The minimum Gasteiger partial charge on any atom is -0.384 e. The van der Waals surface area contributed by atoms with E-state index in [-0.39, 0.29) is 5.91 Å². The number of aryl methyl sites for hydroxylation is 1. The van der Waals surface area contributed by atoms with Crippen LogP contribution in [-0.4, -0.2) is 52.4 Å². The van der Waals surface area contributed by atoms with Gasteiger partial charge in [-0.2, -0.15) is 0 Å². The number of piperidine rings is 1. The highest BCUT2D eigenvalue weighted by Gasteiger charge is 2.38. The van der Waals surface area contributed by atoms with E-state index in [1.807, 2.05) is 22.4 Å². The Balaban J connectivity index is 1.39. The van der Waals surface area contributed by atoms with Crippen LogP contribution in [0.1, 0.15) is 47.0 Å². The third kappa shape index (κ3) is 3.42. The van der Waals surface area contributed by atoms with Gasteiger partial charge in [-0.3, -0.25) is 4.79 Å². The number of aromatic nitrogens is 3. The van der Waals surface area contributed by atoms with Crippen LogP contribution < -0.4 is 0 Å². The molecule has 2 aromatic rings. The summed E-state index contributed by atoms with van der Waals surface area (Å²) in [5, 5.41) is 10.7. The van der Waals surface area contributed by atoms with Gasteiger partial charge in [0, 0.05) is 39.6 Å². The Hall–Kier alpha value is -1.73. The van der Waals surface area contributed by atoms with Gasteiger partial charge < -0.3 is 14.2 Å². The molecule has 2 aliphatic heterocycles. The Morgan fingerprint density at radius 3 is 2.77 bits per heavy atom. The monoisotopic (exact) mass is 374 g/mol. The first kappa shape index (κ1) is 17.7. The molecule has 1 spiro atoms. The molecule has 0 saturated carbocycles. The maximum atomic E-state index is 12.6. The first-order valence-electron chi connectivity index (χ1n) is 9.43. The molecule has 6 nitrogen and oxygen atoms in total. The number of amides is 1. The Morgan fingerprint density at radius 1 is 1.23 bits per heavy atom. The summed E-state index contributed by atoms with van der Waals surface area (Å²) >= 11 is 1.54. The third-order valence-corrected chi connectivity index (χ3v) is 6.88. The lowest BCUT2D eigenvalue weighted by atomic mass is 9.72. The van der Waals surface area contributed by atoms with Gasteiger partial charge in [0.05, 0.1) is 11.5 Å². The number of methoxy groups -OCH3 is 1. The van der Waals surface area contributed by atoms with E-state index in [1.165, 1.54) is 11.3 Å². The zero-order chi connectivity index (χ0) is 18.0. The van der Waals surface area contributed by atoms with Crippen molar-refractivity contribution in [1.29, 1.82) is 0 Å². The van der Waals surface area contributed by atoms with Crippen LogP contribution in [0.2, 0.25) is 0 Å². The predicted molar refractivity (Wildman–Crippen MR) is 100 cm³/mol. The quantitative estimate of drug-likeness (QED) is 0.826. The van der Waals surface area contributed by atoms with Crippen molar-refractivity contribution in [3.8, 4) is 0 Å². The van der Waals surface area contributed by atoms with Gasteiger partial charge in [-0.05, 0) is 42.5 Å². The number of carbonyl (C=O) groups excluding carboxylic acids is 1. The first-order chi connectivity index (χ1) is 12.7. The molecule has 0 N–H and O–H groups in total. The highest BCUT2D eigenvalue weighted by Crippen LogP contribution is 2.42. The average molecular weight is 375 g/mol. The second kappa shape index (κ2) is 7.48. The minimum absolute atomic E-state index is 0.197. The molecule has 1 fully saturated rings. The Kier molecular flexibility index (Phi) is 5.09. The van der Waals surface area contributed by atoms with Crippen molar-refractivity contribution in [3.05, 3.63) is 34.0 Å². The molecule has 4 heterocycles. The summed E-state index contributed by atoms with van der Waals surface area (Å²) in [6.45, 7) is 3.41. The molecule has 4 rings (SSSR count). The van der Waals surface area contributed by atoms with Crippen molar-refractivity contribution in [2.24, 2.45) is 5.41 Å². The summed E-state index contributed by atoms with van der Waals surface area (Å²) < 4.78 is 7.50. The molecule has 0 aromatic carbocycles. The van der Waals surface area contributed by atoms with Gasteiger partial charge in [-0.25, -0.2) is 0 Å². The molecule has 1 amide bonds. The Morgan fingerprint density at radius 2 is 2.04 bits per heavy atom. The molecular weight excluding hydrogens is 348 g/mol. The maximum Gasteiger partial charge on any atom is 0.263 e. The molecule has 26 heavy (non-hydrogen) atoms. The smallest absolute Gasteiger partial charge is 0.263 e. The number of nitrogens with zero attached hydrogens (tertiary/aromatic N) is 4. The SMILES string of the molecule is COCCc1nnc2n1CCC1(CC2)CCN(C(=O)c2cccs2)CC1. The second-order valence-electron chi connectivity index (χ2n) is 7.45. The molecule has 2 aliphatic rings. The highest BCUT2D eigenvalue weighted by molar-refractivity contribution is 7.12. The summed E-state index contributed by atoms with van der Waals surface area (Å²) in [7, 11) is 1.72. The van der Waals surface area contributed by atoms with Gasteiger partial charge in [0.2, 0.25) is 0 Å². The van der Waals surface area contributed by atoms with Crippen LogP contribution in [0, 0.1) is 5.41 Å². The molecule has 7 heteroatoms. The van der Waals surface area contributed by atoms with Crippen LogP contribution in [0.15, 0.2) is 17.5 Å². The molecular formula is C19H26N4O2S. The number of ether oxygens (including phenoxy) is 1. The lowest BCUT2D eigenvalue weighted by Crippen LogP contribution is -2.43.